The number of fused-ring (bicyclic) bond motifs is 1. The molecule has 2 aromatic carbocycles. The summed E-state index contributed by atoms with van der Waals surface area (Å²) in [6, 6.07) is 18.9. The third-order valence-electron chi connectivity index (χ3n) is 2.37. The largest absolute Gasteiger partial charge is 0.361 e. The number of H-pyrrole nitrogens is 1. The van der Waals surface area contributed by atoms with Crippen molar-refractivity contribution >= 4 is 11.0 Å². The molecular formula is C13H9N2Y-. The van der Waals surface area contributed by atoms with Crippen LogP contribution in [0, 0.1) is 6.07 Å². The third kappa shape index (κ3) is 2.09. The van der Waals surface area contributed by atoms with Gasteiger partial charge < -0.3 is 4.98 Å². The zero-order valence-corrected chi connectivity index (χ0v) is 11.5. The van der Waals surface area contributed by atoms with Gasteiger partial charge in [-0.15, -0.1) is 12.1 Å². The van der Waals surface area contributed by atoms with Crippen molar-refractivity contribution < 1.29 is 32.7 Å². The second-order valence-electron chi connectivity index (χ2n) is 3.39. The summed E-state index contributed by atoms with van der Waals surface area (Å²) in [5.74, 6) is 0.908. The van der Waals surface area contributed by atoms with Crippen LogP contribution in [-0.4, -0.2) is 9.97 Å². The van der Waals surface area contributed by atoms with E-state index in [1.807, 2.05) is 48.5 Å². The van der Waals surface area contributed by atoms with Gasteiger partial charge in [-0.05, 0) is 11.0 Å². The van der Waals surface area contributed by atoms with Gasteiger partial charge in [0.05, 0.1) is 0 Å². The molecule has 16 heavy (non-hydrogen) atoms. The predicted octanol–water partition coefficient (Wildman–Crippen LogP) is 3.03. The molecule has 3 heteroatoms. The summed E-state index contributed by atoms with van der Waals surface area (Å²) in [4.78, 5) is 7.78. The fourth-order valence-corrected chi connectivity index (χ4v) is 1.63. The maximum atomic E-state index is 4.50. The Morgan fingerprint density at radius 3 is 2.62 bits per heavy atom. The average molecular weight is 282 g/mol. The Kier molecular flexibility index (Phi) is 3.52. The molecule has 2 nitrogen and oxygen atoms in total. The maximum absolute atomic E-state index is 4.50. The second-order valence-corrected chi connectivity index (χ2v) is 3.39. The first kappa shape index (κ1) is 11.5. The number of imidazole rings is 1. The molecule has 1 radical (unpaired) electrons. The van der Waals surface area contributed by atoms with Crippen LogP contribution < -0.4 is 0 Å². The standard InChI is InChI=1S/C13H9N2.Y/c1-2-6-10(7-3-1)13-14-11-8-4-5-9-12(11)15-13;/h1-4,6-9H,(H,14,15);/q-1;. The smallest absolute Gasteiger partial charge is 0.123 e. The molecule has 0 amide bonds. The summed E-state index contributed by atoms with van der Waals surface area (Å²) in [6.45, 7) is 0. The molecule has 1 aromatic heterocycles. The molecule has 0 saturated heterocycles. The zero-order chi connectivity index (χ0) is 10.1. The third-order valence-corrected chi connectivity index (χ3v) is 2.37. The normalized spacial score (nSPS) is 10.0. The molecule has 1 N–H and O–H groups in total. The van der Waals surface area contributed by atoms with E-state index in [-0.39, 0.29) is 32.7 Å². The van der Waals surface area contributed by atoms with Crippen LogP contribution in [0.1, 0.15) is 0 Å². The minimum atomic E-state index is 0. The minimum Gasteiger partial charge on any atom is -0.361 e. The van der Waals surface area contributed by atoms with E-state index < -0.39 is 0 Å². The van der Waals surface area contributed by atoms with Gasteiger partial charge in [0.15, 0.2) is 0 Å². The monoisotopic (exact) mass is 282 g/mol. The SMILES string of the molecule is [Y].[c-]1ccc2[nH]c(-c3ccccc3)nc2c1. The fraction of sp³-hybridized carbons (Fsp3) is 0. The Hall–Kier alpha value is -0.986. The summed E-state index contributed by atoms with van der Waals surface area (Å²) in [5.41, 5.74) is 3.11. The van der Waals surface area contributed by atoms with Crippen LogP contribution in [-0.2, 0) is 32.7 Å². The van der Waals surface area contributed by atoms with Crippen molar-refractivity contribution in [3.05, 3.63) is 54.6 Å². The van der Waals surface area contributed by atoms with Crippen LogP contribution in [0.4, 0.5) is 0 Å². The number of hydrogen-bond donors (Lipinski definition) is 1. The van der Waals surface area contributed by atoms with Crippen LogP contribution in [0.3, 0.4) is 0 Å². The molecule has 0 bridgehead atoms. The number of nitrogens with one attached hydrogen (secondary N) is 1. The van der Waals surface area contributed by atoms with Crippen LogP contribution in [0.15, 0.2) is 48.5 Å². The Balaban J connectivity index is 0.000000963. The molecule has 0 spiro atoms. The topological polar surface area (TPSA) is 28.7 Å². The van der Waals surface area contributed by atoms with Gasteiger partial charge in [0.1, 0.15) is 5.82 Å². The van der Waals surface area contributed by atoms with E-state index in [0.717, 1.165) is 22.4 Å². The first-order valence-corrected chi connectivity index (χ1v) is 4.85. The molecule has 0 fully saturated rings. The van der Waals surface area contributed by atoms with Crippen LogP contribution in [0.25, 0.3) is 22.4 Å². The molecule has 1 heterocycles. The van der Waals surface area contributed by atoms with E-state index >= 15 is 0 Å². The van der Waals surface area contributed by atoms with Gasteiger partial charge in [0, 0.05) is 38.3 Å². The number of aromatic nitrogens is 2. The Morgan fingerprint density at radius 1 is 1.06 bits per heavy atom. The van der Waals surface area contributed by atoms with Gasteiger partial charge in [-0.3, -0.25) is 4.98 Å². The summed E-state index contributed by atoms with van der Waals surface area (Å²) >= 11 is 0. The second kappa shape index (κ2) is 4.90. The molecule has 3 aromatic rings. The van der Waals surface area contributed by atoms with E-state index in [0.29, 0.717) is 0 Å². The molecule has 75 valence electrons. The molecule has 0 aliphatic heterocycles. The van der Waals surface area contributed by atoms with Crippen molar-refractivity contribution in [2.75, 3.05) is 0 Å². The number of benzene rings is 2. The predicted molar refractivity (Wildman–Crippen MR) is 60.4 cm³/mol. The van der Waals surface area contributed by atoms with Gasteiger partial charge in [0.25, 0.3) is 0 Å². The molecule has 0 aliphatic rings. The number of rotatable bonds is 1. The van der Waals surface area contributed by atoms with E-state index in [1.54, 1.807) is 0 Å². The van der Waals surface area contributed by atoms with Gasteiger partial charge in [-0.25, -0.2) is 0 Å². The van der Waals surface area contributed by atoms with Crippen molar-refractivity contribution in [1.29, 1.82) is 0 Å². The van der Waals surface area contributed by atoms with E-state index in [4.69, 9.17) is 0 Å². The Morgan fingerprint density at radius 2 is 1.88 bits per heavy atom. The molecule has 0 atom stereocenters. The fourth-order valence-electron chi connectivity index (χ4n) is 1.63. The van der Waals surface area contributed by atoms with Crippen molar-refractivity contribution in [2.45, 2.75) is 0 Å². The van der Waals surface area contributed by atoms with Gasteiger partial charge in [-0.2, -0.15) is 12.1 Å². The van der Waals surface area contributed by atoms with E-state index in [9.17, 15) is 0 Å². The molecule has 3 rings (SSSR count). The Labute approximate surface area is 119 Å². The molecule has 0 aliphatic carbocycles. The van der Waals surface area contributed by atoms with Gasteiger partial charge in [-0.1, -0.05) is 30.3 Å². The summed E-state index contributed by atoms with van der Waals surface area (Å²) in [6.07, 6.45) is 0. The summed E-state index contributed by atoms with van der Waals surface area (Å²) in [5, 5.41) is 0. The minimum absolute atomic E-state index is 0. The summed E-state index contributed by atoms with van der Waals surface area (Å²) in [7, 11) is 0. The van der Waals surface area contributed by atoms with Crippen LogP contribution in [0.2, 0.25) is 0 Å². The van der Waals surface area contributed by atoms with Crippen molar-refractivity contribution in [1.82, 2.24) is 9.97 Å². The zero-order valence-electron chi connectivity index (χ0n) is 8.64. The van der Waals surface area contributed by atoms with E-state index in [1.165, 1.54) is 0 Å². The van der Waals surface area contributed by atoms with Crippen LogP contribution in [0.5, 0.6) is 0 Å². The first-order valence-electron chi connectivity index (χ1n) is 4.85. The van der Waals surface area contributed by atoms with Gasteiger partial charge in [0.2, 0.25) is 0 Å². The number of nitrogens with zero attached hydrogens (tertiary/aromatic N) is 1. The van der Waals surface area contributed by atoms with Crippen molar-refractivity contribution in [3.63, 3.8) is 0 Å². The van der Waals surface area contributed by atoms with Crippen LogP contribution >= 0.6 is 0 Å². The van der Waals surface area contributed by atoms with Crippen molar-refractivity contribution in [2.24, 2.45) is 0 Å². The Bertz CT molecular complexity index is 554. The quantitative estimate of drug-likeness (QED) is 0.683. The molecular weight excluding hydrogens is 273 g/mol. The maximum Gasteiger partial charge on any atom is 0.123 e. The van der Waals surface area contributed by atoms with Crippen molar-refractivity contribution in [3.8, 4) is 11.4 Å². The average Bonchev–Trinajstić information content (AvgIpc) is 2.74. The summed E-state index contributed by atoms with van der Waals surface area (Å²) < 4.78 is 0. The molecule has 0 saturated carbocycles. The molecule has 0 unspecified atom stereocenters. The van der Waals surface area contributed by atoms with Gasteiger partial charge >= 0.3 is 0 Å². The van der Waals surface area contributed by atoms with E-state index in [2.05, 4.69) is 16.0 Å². The number of aromatic amines is 1. The number of hydrogen-bond acceptors (Lipinski definition) is 1. The first-order chi connectivity index (χ1) is 7.43.